The van der Waals surface area contributed by atoms with Crippen LogP contribution in [0, 0.1) is 0 Å². The zero-order valence-electron chi connectivity index (χ0n) is 15.7. The zero-order chi connectivity index (χ0) is 18.8. The summed E-state index contributed by atoms with van der Waals surface area (Å²) >= 11 is 0. The topological polar surface area (TPSA) is 78.7 Å². The fraction of sp³-hybridized carbons (Fsp3) is 0.550. The van der Waals surface area contributed by atoms with E-state index in [0.29, 0.717) is 19.1 Å². The number of carbonyl (C=O) groups is 2. The predicted octanol–water partition coefficient (Wildman–Crippen LogP) is 1.74. The maximum Gasteiger partial charge on any atom is 0.236 e. The Labute approximate surface area is 158 Å². The van der Waals surface area contributed by atoms with Crippen LogP contribution in [0.3, 0.4) is 0 Å². The van der Waals surface area contributed by atoms with Crippen LogP contribution in [-0.2, 0) is 9.59 Å². The summed E-state index contributed by atoms with van der Waals surface area (Å²) < 4.78 is 5.88. The first-order chi connectivity index (χ1) is 13.1. The van der Waals surface area contributed by atoms with Crippen molar-refractivity contribution in [1.82, 2.24) is 20.1 Å². The Morgan fingerprint density at radius 2 is 1.93 bits per heavy atom. The Bertz CT molecular complexity index is 788. The lowest BCUT2D eigenvalue weighted by Gasteiger charge is -2.31. The number of hydrogen-bond acceptors (Lipinski definition) is 5. The molecule has 2 amide bonds. The van der Waals surface area contributed by atoms with Gasteiger partial charge >= 0.3 is 0 Å². The van der Waals surface area contributed by atoms with E-state index in [1.165, 1.54) is 0 Å². The normalized spacial score (nSPS) is 18.2. The van der Waals surface area contributed by atoms with E-state index in [4.69, 9.17) is 4.42 Å². The Morgan fingerprint density at radius 3 is 2.63 bits per heavy atom. The number of nitrogens with one attached hydrogen (secondary N) is 1. The van der Waals surface area contributed by atoms with Crippen molar-refractivity contribution in [3.05, 3.63) is 30.2 Å². The molecule has 7 nitrogen and oxygen atoms in total. The van der Waals surface area contributed by atoms with Crippen molar-refractivity contribution in [1.29, 1.82) is 0 Å². The molecule has 0 bridgehead atoms. The molecule has 2 fully saturated rings. The van der Waals surface area contributed by atoms with E-state index in [9.17, 15) is 9.59 Å². The maximum absolute atomic E-state index is 12.5. The summed E-state index contributed by atoms with van der Waals surface area (Å²) in [5.41, 5.74) is 1.70. The predicted molar refractivity (Wildman–Crippen MR) is 101 cm³/mol. The van der Waals surface area contributed by atoms with Crippen LogP contribution < -0.4 is 5.32 Å². The average molecular weight is 370 g/mol. The second-order valence-electron chi connectivity index (χ2n) is 7.69. The molecular weight excluding hydrogens is 344 g/mol. The van der Waals surface area contributed by atoms with Crippen molar-refractivity contribution in [3.8, 4) is 0 Å². The molecule has 27 heavy (non-hydrogen) atoms. The second-order valence-corrected chi connectivity index (χ2v) is 7.69. The highest BCUT2D eigenvalue weighted by Gasteiger charge is 2.28. The molecule has 1 saturated carbocycles. The summed E-state index contributed by atoms with van der Waals surface area (Å²) in [6, 6.07) is 8.14. The van der Waals surface area contributed by atoms with E-state index < -0.39 is 0 Å². The molecule has 1 aromatic heterocycles. The number of para-hydroxylation sites is 2. The second kappa shape index (κ2) is 7.68. The first-order valence-electron chi connectivity index (χ1n) is 9.69. The highest BCUT2D eigenvalue weighted by molar-refractivity contribution is 5.81. The van der Waals surface area contributed by atoms with Gasteiger partial charge in [-0.3, -0.25) is 14.5 Å². The number of carbonyl (C=O) groups excluding carboxylic acids is 2. The van der Waals surface area contributed by atoms with Gasteiger partial charge in [0.05, 0.1) is 13.1 Å². The molecule has 0 spiro atoms. The fourth-order valence-corrected chi connectivity index (χ4v) is 3.57. The smallest absolute Gasteiger partial charge is 0.236 e. The van der Waals surface area contributed by atoms with Crippen LogP contribution in [0.2, 0.25) is 0 Å². The molecule has 4 rings (SSSR count). The Morgan fingerprint density at radius 1 is 1.19 bits per heavy atom. The van der Waals surface area contributed by atoms with Gasteiger partial charge in [0.2, 0.25) is 11.8 Å². The number of aromatic nitrogens is 1. The summed E-state index contributed by atoms with van der Waals surface area (Å²) in [6.45, 7) is 1.93. The van der Waals surface area contributed by atoms with Crippen molar-refractivity contribution in [3.63, 3.8) is 0 Å². The van der Waals surface area contributed by atoms with E-state index in [0.717, 1.165) is 42.7 Å². The number of oxazole rings is 1. The van der Waals surface area contributed by atoms with Gasteiger partial charge in [0.1, 0.15) is 5.52 Å². The first kappa shape index (κ1) is 18.0. The molecule has 2 aromatic rings. The molecule has 144 valence electrons. The van der Waals surface area contributed by atoms with E-state index in [1.54, 1.807) is 4.90 Å². The molecule has 1 aliphatic heterocycles. The molecule has 0 unspecified atom stereocenters. The zero-order valence-corrected chi connectivity index (χ0v) is 15.7. The van der Waals surface area contributed by atoms with Crippen LogP contribution in [0.5, 0.6) is 0 Å². The van der Waals surface area contributed by atoms with Gasteiger partial charge in [-0.2, -0.15) is 0 Å². The standard InChI is InChI=1S/C20H26N4O3/c1-23(12-18(25)21-15-6-7-15)13-19(26)24-10-8-14(9-11-24)20-22-16-4-2-3-5-17(16)27-20/h2-5,14-15H,6-13H2,1H3,(H,21,25). The van der Waals surface area contributed by atoms with Crippen LogP contribution in [0.1, 0.15) is 37.5 Å². The number of piperidine rings is 1. The van der Waals surface area contributed by atoms with Gasteiger partial charge in [-0.15, -0.1) is 0 Å². The summed E-state index contributed by atoms with van der Waals surface area (Å²) in [5.74, 6) is 1.11. The quantitative estimate of drug-likeness (QED) is 0.838. The molecule has 1 aliphatic carbocycles. The number of hydrogen-bond donors (Lipinski definition) is 1. The minimum Gasteiger partial charge on any atom is -0.440 e. The van der Waals surface area contributed by atoms with Crippen LogP contribution in [0.4, 0.5) is 0 Å². The van der Waals surface area contributed by atoms with Gasteiger partial charge in [0, 0.05) is 25.0 Å². The molecular formula is C20H26N4O3. The number of likely N-dealkylation sites (tertiary alicyclic amines) is 1. The van der Waals surface area contributed by atoms with E-state index in [2.05, 4.69) is 10.3 Å². The Balaban J connectivity index is 1.25. The fourth-order valence-electron chi connectivity index (χ4n) is 3.57. The van der Waals surface area contributed by atoms with Gasteiger partial charge in [-0.05, 0) is 44.9 Å². The third-order valence-corrected chi connectivity index (χ3v) is 5.27. The molecule has 1 N–H and O–H groups in total. The average Bonchev–Trinajstić information content (AvgIpc) is 3.35. The summed E-state index contributed by atoms with van der Waals surface area (Å²) in [4.78, 5) is 32.6. The summed E-state index contributed by atoms with van der Waals surface area (Å²) in [7, 11) is 1.81. The molecule has 0 radical (unpaired) electrons. The third-order valence-electron chi connectivity index (χ3n) is 5.27. The summed E-state index contributed by atoms with van der Waals surface area (Å²) in [6.07, 6.45) is 3.85. The van der Waals surface area contributed by atoms with Gasteiger partial charge < -0.3 is 14.6 Å². The number of nitrogens with zero attached hydrogens (tertiary/aromatic N) is 3. The van der Waals surface area contributed by atoms with E-state index in [1.807, 2.05) is 36.2 Å². The number of fused-ring (bicyclic) bond motifs is 1. The monoisotopic (exact) mass is 370 g/mol. The maximum atomic E-state index is 12.5. The van der Waals surface area contributed by atoms with Crippen LogP contribution >= 0.6 is 0 Å². The number of rotatable bonds is 6. The number of likely N-dealkylation sites (N-methyl/N-ethyl adjacent to an activating group) is 1. The largest absolute Gasteiger partial charge is 0.440 e. The minimum atomic E-state index is 0.00229. The molecule has 2 heterocycles. The molecule has 2 aliphatic rings. The number of amides is 2. The van der Waals surface area contributed by atoms with Gasteiger partial charge in [0.25, 0.3) is 0 Å². The first-order valence-corrected chi connectivity index (χ1v) is 9.69. The van der Waals surface area contributed by atoms with Crippen molar-refractivity contribution in [2.24, 2.45) is 0 Å². The lowest BCUT2D eigenvalue weighted by molar-refractivity contribution is -0.133. The van der Waals surface area contributed by atoms with Crippen molar-refractivity contribution >= 4 is 22.9 Å². The van der Waals surface area contributed by atoms with E-state index in [-0.39, 0.29) is 30.8 Å². The Kier molecular flexibility index (Phi) is 5.11. The number of benzene rings is 1. The van der Waals surface area contributed by atoms with Crippen LogP contribution in [0.15, 0.2) is 28.7 Å². The molecule has 1 aromatic carbocycles. The highest BCUT2D eigenvalue weighted by atomic mass is 16.3. The van der Waals surface area contributed by atoms with Crippen molar-refractivity contribution in [2.75, 3.05) is 33.2 Å². The van der Waals surface area contributed by atoms with Gasteiger partial charge in [-0.1, -0.05) is 12.1 Å². The molecule has 7 heteroatoms. The molecule has 0 atom stereocenters. The highest BCUT2D eigenvalue weighted by Crippen LogP contribution is 2.29. The third kappa shape index (κ3) is 4.47. The van der Waals surface area contributed by atoms with Gasteiger partial charge in [-0.25, -0.2) is 4.98 Å². The summed E-state index contributed by atoms with van der Waals surface area (Å²) in [5, 5.41) is 2.95. The SMILES string of the molecule is CN(CC(=O)NC1CC1)CC(=O)N1CCC(c2nc3ccccc3o2)CC1. The van der Waals surface area contributed by atoms with Gasteiger partial charge in [0.15, 0.2) is 11.5 Å². The minimum absolute atomic E-state index is 0.00229. The van der Waals surface area contributed by atoms with E-state index >= 15 is 0 Å². The molecule has 1 saturated heterocycles. The van der Waals surface area contributed by atoms with Crippen molar-refractivity contribution in [2.45, 2.75) is 37.6 Å². The Hall–Kier alpha value is -2.41. The van der Waals surface area contributed by atoms with Crippen LogP contribution in [-0.4, -0.2) is 65.9 Å². The lowest BCUT2D eigenvalue weighted by Crippen LogP contribution is -2.45. The van der Waals surface area contributed by atoms with Crippen LogP contribution in [0.25, 0.3) is 11.1 Å². The van der Waals surface area contributed by atoms with Crippen molar-refractivity contribution < 1.29 is 14.0 Å². The lowest BCUT2D eigenvalue weighted by atomic mass is 9.97.